The third-order valence-electron chi connectivity index (χ3n) is 2.51. The summed E-state index contributed by atoms with van der Waals surface area (Å²) in [4.78, 5) is 24.8. The highest BCUT2D eigenvalue weighted by Gasteiger charge is 2.25. The molecule has 1 heterocycles. The van der Waals surface area contributed by atoms with Crippen molar-refractivity contribution in [1.82, 2.24) is 10.2 Å². The largest absolute Gasteiger partial charge is 0.343 e. The van der Waals surface area contributed by atoms with E-state index in [0.29, 0.717) is 0 Å². The molecule has 4 nitrogen and oxygen atoms in total. The van der Waals surface area contributed by atoms with E-state index in [9.17, 15) is 9.59 Å². The minimum Gasteiger partial charge on any atom is -0.343 e. The summed E-state index contributed by atoms with van der Waals surface area (Å²) in [5, 5.41) is 2.00. The second-order valence-electron chi connectivity index (χ2n) is 3.88. The molecule has 2 amide bonds. The molecule has 1 N–H and O–H groups in total. The Morgan fingerprint density at radius 2 is 1.80 bits per heavy atom. The van der Waals surface area contributed by atoms with E-state index in [1.165, 1.54) is 0 Å². The van der Waals surface area contributed by atoms with E-state index < -0.39 is 11.4 Å². The Hall–Kier alpha value is -0.770. The number of nitrogens with one attached hydrogen (secondary N) is 1. The van der Waals surface area contributed by atoms with Gasteiger partial charge >= 0.3 is 0 Å². The molecular weight excluding hydrogens is 216 g/mol. The van der Waals surface area contributed by atoms with Crippen molar-refractivity contribution in [3.8, 4) is 0 Å². The van der Waals surface area contributed by atoms with Crippen LogP contribution in [0.15, 0.2) is 0 Å². The van der Waals surface area contributed by atoms with E-state index in [0.717, 1.165) is 25.9 Å². The molecule has 0 spiro atoms. The summed E-state index contributed by atoms with van der Waals surface area (Å²) in [7, 11) is 0. The number of hydrogen-bond acceptors (Lipinski definition) is 2. The van der Waals surface area contributed by atoms with Crippen LogP contribution in [-0.2, 0) is 9.59 Å². The zero-order chi connectivity index (χ0) is 11.4. The van der Waals surface area contributed by atoms with Gasteiger partial charge in [0.15, 0.2) is 0 Å². The molecule has 0 aromatic carbocycles. The van der Waals surface area contributed by atoms with Crippen LogP contribution in [0.5, 0.6) is 0 Å². The van der Waals surface area contributed by atoms with Crippen molar-refractivity contribution < 1.29 is 9.59 Å². The van der Waals surface area contributed by atoms with E-state index in [1.54, 1.807) is 18.7 Å². The number of carbonyl (C=O) groups is 2. The summed E-state index contributed by atoms with van der Waals surface area (Å²) in [6.07, 6.45) is 2.11. The highest BCUT2D eigenvalue weighted by molar-refractivity contribution is 6.30. The van der Waals surface area contributed by atoms with Crippen LogP contribution in [0.1, 0.15) is 26.7 Å². The lowest BCUT2D eigenvalue weighted by atomic mass is 10.2. The normalized spacial score (nSPS) is 19.8. The fourth-order valence-corrected chi connectivity index (χ4v) is 1.66. The summed E-state index contributed by atoms with van der Waals surface area (Å²) >= 11 is 5.60. The SMILES string of the molecule is CC(Cl)C(=O)NC(C)C(=O)N1CCCC1. The van der Waals surface area contributed by atoms with Crippen molar-refractivity contribution >= 4 is 23.4 Å². The molecule has 2 atom stereocenters. The van der Waals surface area contributed by atoms with E-state index in [2.05, 4.69) is 5.32 Å². The van der Waals surface area contributed by atoms with Gasteiger partial charge in [-0.15, -0.1) is 11.6 Å². The molecule has 0 saturated carbocycles. The lowest BCUT2D eigenvalue weighted by Crippen LogP contribution is -2.47. The minimum absolute atomic E-state index is 0.0156. The summed E-state index contributed by atoms with van der Waals surface area (Å²) in [5.74, 6) is -0.310. The molecule has 0 bridgehead atoms. The van der Waals surface area contributed by atoms with E-state index in [1.807, 2.05) is 0 Å². The average Bonchev–Trinajstić information content (AvgIpc) is 2.68. The van der Waals surface area contributed by atoms with Crippen molar-refractivity contribution in [1.29, 1.82) is 0 Å². The van der Waals surface area contributed by atoms with Crippen LogP contribution in [0.2, 0.25) is 0 Å². The fourth-order valence-electron chi connectivity index (χ4n) is 1.60. The first-order valence-corrected chi connectivity index (χ1v) is 5.69. The second kappa shape index (κ2) is 5.35. The molecule has 0 aromatic heterocycles. The Kier molecular flexibility index (Phi) is 4.39. The molecule has 86 valence electrons. The van der Waals surface area contributed by atoms with E-state index >= 15 is 0 Å². The number of amides is 2. The van der Waals surface area contributed by atoms with Crippen LogP contribution in [0, 0.1) is 0 Å². The van der Waals surface area contributed by atoms with Crippen LogP contribution in [-0.4, -0.2) is 41.2 Å². The van der Waals surface area contributed by atoms with Crippen LogP contribution in [0.25, 0.3) is 0 Å². The van der Waals surface area contributed by atoms with Gasteiger partial charge in [-0.3, -0.25) is 9.59 Å². The Morgan fingerprint density at radius 1 is 1.27 bits per heavy atom. The van der Waals surface area contributed by atoms with Crippen LogP contribution in [0.3, 0.4) is 0 Å². The Bertz CT molecular complexity index is 250. The maximum Gasteiger partial charge on any atom is 0.244 e. The van der Waals surface area contributed by atoms with Gasteiger partial charge in [-0.2, -0.15) is 0 Å². The summed E-state index contributed by atoms with van der Waals surface area (Å²) in [6.45, 7) is 4.88. The molecule has 0 aliphatic carbocycles. The first-order valence-electron chi connectivity index (χ1n) is 5.25. The molecule has 2 unspecified atom stereocenters. The smallest absolute Gasteiger partial charge is 0.244 e. The summed E-state index contributed by atoms with van der Waals surface area (Å²) in [5.41, 5.74) is 0. The average molecular weight is 233 g/mol. The van der Waals surface area contributed by atoms with Crippen molar-refractivity contribution in [3.05, 3.63) is 0 Å². The molecular formula is C10H17ClN2O2. The van der Waals surface area contributed by atoms with Crippen LogP contribution >= 0.6 is 11.6 Å². The number of halogens is 1. The number of likely N-dealkylation sites (tertiary alicyclic amines) is 1. The highest BCUT2D eigenvalue weighted by Crippen LogP contribution is 2.09. The molecule has 1 fully saturated rings. The number of nitrogens with zero attached hydrogens (tertiary/aromatic N) is 1. The lowest BCUT2D eigenvalue weighted by Gasteiger charge is -2.21. The van der Waals surface area contributed by atoms with Crippen molar-refractivity contribution in [2.75, 3.05) is 13.1 Å². The maximum atomic E-state index is 11.8. The number of carbonyl (C=O) groups excluding carboxylic acids is 2. The standard InChI is InChI=1S/C10H17ClN2O2/c1-7(11)9(14)12-8(2)10(15)13-5-3-4-6-13/h7-8H,3-6H2,1-2H3,(H,12,14). The molecule has 15 heavy (non-hydrogen) atoms. The zero-order valence-corrected chi connectivity index (χ0v) is 9.88. The van der Waals surface area contributed by atoms with Gasteiger partial charge in [0.1, 0.15) is 11.4 Å². The fraction of sp³-hybridized carbons (Fsp3) is 0.800. The zero-order valence-electron chi connectivity index (χ0n) is 9.12. The molecule has 0 aromatic rings. The van der Waals surface area contributed by atoms with Gasteiger partial charge in [-0.1, -0.05) is 0 Å². The van der Waals surface area contributed by atoms with Gasteiger partial charge in [0.25, 0.3) is 0 Å². The first-order chi connectivity index (χ1) is 7.02. The number of alkyl halides is 1. The first kappa shape index (κ1) is 12.3. The predicted octanol–water partition coefficient (Wildman–Crippen LogP) is 0.741. The van der Waals surface area contributed by atoms with Crippen LogP contribution in [0.4, 0.5) is 0 Å². The Balaban J connectivity index is 2.42. The topological polar surface area (TPSA) is 49.4 Å². The molecule has 1 rings (SSSR count). The molecule has 1 saturated heterocycles. The number of rotatable bonds is 3. The third-order valence-corrected chi connectivity index (χ3v) is 2.71. The molecule has 5 heteroatoms. The van der Waals surface area contributed by atoms with E-state index in [-0.39, 0.29) is 11.8 Å². The van der Waals surface area contributed by atoms with E-state index in [4.69, 9.17) is 11.6 Å². The summed E-state index contributed by atoms with van der Waals surface area (Å²) in [6, 6.07) is -0.475. The van der Waals surface area contributed by atoms with Crippen molar-refractivity contribution in [3.63, 3.8) is 0 Å². The quantitative estimate of drug-likeness (QED) is 0.730. The third kappa shape index (κ3) is 3.38. The van der Waals surface area contributed by atoms with Crippen molar-refractivity contribution in [2.24, 2.45) is 0 Å². The predicted molar refractivity (Wildman–Crippen MR) is 58.7 cm³/mol. The van der Waals surface area contributed by atoms with Gasteiger partial charge in [0.2, 0.25) is 11.8 Å². The molecule has 1 aliphatic heterocycles. The maximum absolute atomic E-state index is 11.8. The highest BCUT2D eigenvalue weighted by atomic mass is 35.5. The van der Waals surface area contributed by atoms with Gasteiger partial charge < -0.3 is 10.2 Å². The van der Waals surface area contributed by atoms with Gasteiger partial charge in [-0.25, -0.2) is 0 Å². The minimum atomic E-state index is -0.598. The lowest BCUT2D eigenvalue weighted by molar-refractivity contribution is -0.134. The molecule has 0 radical (unpaired) electrons. The van der Waals surface area contributed by atoms with Gasteiger partial charge in [-0.05, 0) is 26.7 Å². The Morgan fingerprint density at radius 3 is 2.27 bits per heavy atom. The summed E-state index contributed by atoms with van der Waals surface area (Å²) < 4.78 is 0. The Labute approximate surface area is 95.0 Å². The second-order valence-corrected chi connectivity index (χ2v) is 4.53. The number of hydrogen-bond donors (Lipinski definition) is 1. The van der Waals surface area contributed by atoms with Gasteiger partial charge in [0.05, 0.1) is 0 Å². The van der Waals surface area contributed by atoms with Crippen LogP contribution < -0.4 is 5.32 Å². The monoisotopic (exact) mass is 232 g/mol. The molecule has 1 aliphatic rings. The van der Waals surface area contributed by atoms with Gasteiger partial charge in [0, 0.05) is 13.1 Å². The van der Waals surface area contributed by atoms with Crippen molar-refractivity contribution in [2.45, 2.75) is 38.1 Å².